The molecule has 0 aliphatic rings. The standard InChI is InChI=1S/C22H20BrFN2O3/c1-14-12-15(23)6-9-19(14)26-22(28)13-25-21(27)11-8-16-7-10-20(29-16)17-4-2-3-5-18(17)24/h2-7,9-10,12H,8,11,13H2,1H3,(H,25,27)(H,26,28). The third kappa shape index (κ3) is 5.77. The van der Waals surface area contributed by atoms with Gasteiger partial charge in [-0.1, -0.05) is 28.1 Å². The Morgan fingerprint density at radius 1 is 1.07 bits per heavy atom. The number of carbonyl (C=O) groups is 2. The van der Waals surface area contributed by atoms with E-state index in [4.69, 9.17) is 4.42 Å². The lowest BCUT2D eigenvalue weighted by atomic mass is 10.1. The number of aryl methyl sites for hydroxylation is 2. The summed E-state index contributed by atoms with van der Waals surface area (Å²) >= 11 is 3.37. The highest BCUT2D eigenvalue weighted by atomic mass is 79.9. The third-order valence-electron chi connectivity index (χ3n) is 4.31. The number of furan rings is 1. The maximum atomic E-state index is 13.8. The Labute approximate surface area is 176 Å². The van der Waals surface area contributed by atoms with Gasteiger partial charge in [-0.25, -0.2) is 4.39 Å². The van der Waals surface area contributed by atoms with Gasteiger partial charge in [0, 0.05) is 23.0 Å². The first-order chi connectivity index (χ1) is 13.9. The van der Waals surface area contributed by atoms with E-state index in [-0.39, 0.29) is 30.6 Å². The van der Waals surface area contributed by atoms with Crippen LogP contribution in [0, 0.1) is 12.7 Å². The van der Waals surface area contributed by atoms with E-state index < -0.39 is 0 Å². The van der Waals surface area contributed by atoms with Gasteiger partial charge in [0.2, 0.25) is 11.8 Å². The molecule has 0 aliphatic heterocycles. The van der Waals surface area contributed by atoms with E-state index in [1.807, 2.05) is 19.1 Å². The zero-order valence-electron chi connectivity index (χ0n) is 15.8. The number of carbonyl (C=O) groups excluding carboxylic acids is 2. The minimum Gasteiger partial charge on any atom is -0.461 e. The highest BCUT2D eigenvalue weighted by Gasteiger charge is 2.11. The van der Waals surface area contributed by atoms with E-state index >= 15 is 0 Å². The quantitative estimate of drug-likeness (QED) is 0.531. The molecule has 0 saturated heterocycles. The molecule has 7 heteroatoms. The number of hydrogen-bond donors (Lipinski definition) is 2. The van der Waals surface area contributed by atoms with E-state index in [9.17, 15) is 14.0 Å². The van der Waals surface area contributed by atoms with Gasteiger partial charge in [-0.2, -0.15) is 0 Å². The molecule has 5 nitrogen and oxygen atoms in total. The highest BCUT2D eigenvalue weighted by Crippen LogP contribution is 2.25. The van der Waals surface area contributed by atoms with Crippen molar-refractivity contribution in [3.8, 4) is 11.3 Å². The summed E-state index contributed by atoms with van der Waals surface area (Å²) in [7, 11) is 0. The van der Waals surface area contributed by atoms with Crippen molar-refractivity contribution < 1.29 is 18.4 Å². The third-order valence-corrected chi connectivity index (χ3v) is 4.80. The molecule has 3 rings (SSSR count). The number of nitrogens with one attached hydrogen (secondary N) is 2. The summed E-state index contributed by atoms with van der Waals surface area (Å²) in [6, 6.07) is 15.3. The lowest BCUT2D eigenvalue weighted by molar-refractivity contribution is -0.124. The van der Waals surface area contributed by atoms with E-state index in [2.05, 4.69) is 26.6 Å². The van der Waals surface area contributed by atoms with Crippen LogP contribution in [0.2, 0.25) is 0 Å². The summed E-state index contributed by atoms with van der Waals surface area (Å²) < 4.78 is 20.4. The van der Waals surface area contributed by atoms with E-state index in [0.717, 1.165) is 10.0 Å². The average Bonchev–Trinajstić information content (AvgIpc) is 3.16. The van der Waals surface area contributed by atoms with Crippen molar-refractivity contribution in [3.05, 3.63) is 76.2 Å². The SMILES string of the molecule is Cc1cc(Br)ccc1NC(=O)CNC(=O)CCc1ccc(-c2ccccc2F)o1. The summed E-state index contributed by atoms with van der Waals surface area (Å²) in [4.78, 5) is 24.0. The van der Waals surface area contributed by atoms with Gasteiger partial charge in [0.05, 0.1) is 12.1 Å². The van der Waals surface area contributed by atoms with Crippen molar-refractivity contribution in [1.29, 1.82) is 0 Å². The molecule has 0 spiro atoms. The molecule has 2 N–H and O–H groups in total. The van der Waals surface area contributed by atoms with Crippen LogP contribution in [0.5, 0.6) is 0 Å². The molecule has 0 atom stereocenters. The zero-order chi connectivity index (χ0) is 20.8. The van der Waals surface area contributed by atoms with Crippen molar-refractivity contribution in [2.24, 2.45) is 0 Å². The molecule has 0 unspecified atom stereocenters. The fourth-order valence-electron chi connectivity index (χ4n) is 2.78. The summed E-state index contributed by atoms with van der Waals surface area (Å²) in [5.74, 6) is 0.0643. The molecule has 2 aromatic carbocycles. The van der Waals surface area contributed by atoms with Crippen LogP contribution in [0.3, 0.4) is 0 Å². The molecule has 29 heavy (non-hydrogen) atoms. The van der Waals surface area contributed by atoms with Crippen LogP contribution in [0.1, 0.15) is 17.7 Å². The van der Waals surface area contributed by atoms with E-state index in [0.29, 0.717) is 29.2 Å². The molecular weight excluding hydrogens is 439 g/mol. The lowest BCUT2D eigenvalue weighted by Crippen LogP contribution is -2.33. The van der Waals surface area contributed by atoms with E-state index in [1.54, 1.807) is 36.4 Å². The van der Waals surface area contributed by atoms with Crippen molar-refractivity contribution in [1.82, 2.24) is 5.32 Å². The van der Waals surface area contributed by atoms with Gasteiger partial charge in [-0.3, -0.25) is 9.59 Å². The Morgan fingerprint density at radius 2 is 1.86 bits per heavy atom. The van der Waals surface area contributed by atoms with Crippen molar-refractivity contribution in [2.45, 2.75) is 19.8 Å². The second kappa shape index (κ2) is 9.52. The summed E-state index contributed by atoms with van der Waals surface area (Å²) in [5, 5.41) is 5.35. The number of halogens is 2. The second-order valence-electron chi connectivity index (χ2n) is 6.53. The molecule has 1 aromatic heterocycles. The highest BCUT2D eigenvalue weighted by molar-refractivity contribution is 9.10. The summed E-state index contributed by atoms with van der Waals surface area (Å²) in [6.07, 6.45) is 0.516. The summed E-state index contributed by atoms with van der Waals surface area (Å²) in [5.41, 5.74) is 1.99. The molecule has 0 radical (unpaired) electrons. The number of amides is 2. The fourth-order valence-corrected chi connectivity index (χ4v) is 3.26. The largest absolute Gasteiger partial charge is 0.461 e. The van der Waals surface area contributed by atoms with Crippen LogP contribution in [0.4, 0.5) is 10.1 Å². The maximum Gasteiger partial charge on any atom is 0.243 e. The van der Waals surface area contributed by atoms with Crippen LogP contribution in [-0.4, -0.2) is 18.4 Å². The molecule has 2 amide bonds. The number of rotatable bonds is 7. The zero-order valence-corrected chi connectivity index (χ0v) is 17.4. The Kier molecular flexibility index (Phi) is 6.82. The molecular formula is C22H20BrFN2O3. The lowest BCUT2D eigenvalue weighted by Gasteiger charge is -2.09. The number of hydrogen-bond acceptors (Lipinski definition) is 3. The van der Waals surface area contributed by atoms with Crippen LogP contribution in [0.15, 0.2) is 63.5 Å². The summed E-state index contributed by atoms with van der Waals surface area (Å²) in [6.45, 7) is 1.77. The predicted octanol–water partition coefficient (Wildman–Crippen LogP) is 4.84. The van der Waals surface area contributed by atoms with Gasteiger partial charge >= 0.3 is 0 Å². The maximum absolute atomic E-state index is 13.8. The smallest absolute Gasteiger partial charge is 0.243 e. The first-order valence-corrected chi connectivity index (χ1v) is 9.88. The first-order valence-electron chi connectivity index (χ1n) is 9.08. The molecule has 150 valence electrons. The van der Waals surface area contributed by atoms with Gasteiger partial charge in [0.25, 0.3) is 0 Å². The van der Waals surface area contributed by atoms with Gasteiger partial charge < -0.3 is 15.1 Å². The Morgan fingerprint density at radius 3 is 2.62 bits per heavy atom. The van der Waals surface area contributed by atoms with Gasteiger partial charge in [-0.05, 0) is 55.0 Å². The topological polar surface area (TPSA) is 71.3 Å². The fraction of sp³-hybridized carbons (Fsp3) is 0.182. The Bertz CT molecular complexity index is 1030. The van der Waals surface area contributed by atoms with Crippen molar-refractivity contribution in [2.75, 3.05) is 11.9 Å². The number of benzene rings is 2. The number of anilines is 1. The molecule has 1 heterocycles. The van der Waals surface area contributed by atoms with Crippen LogP contribution < -0.4 is 10.6 Å². The molecule has 3 aromatic rings. The molecule has 0 saturated carbocycles. The molecule has 0 bridgehead atoms. The van der Waals surface area contributed by atoms with Gasteiger partial charge in [0.15, 0.2) is 0 Å². The predicted molar refractivity (Wildman–Crippen MR) is 113 cm³/mol. The second-order valence-corrected chi connectivity index (χ2v) is 7.45. The van der Waals surface area contributed by atoms with Crippen LogP contribution >= 0.6 is 15.9 Å². The normalized spacial score (nSPS) is 10.6. The van der Waals surface area contributed by atoms with Crippen LogP contribution in [0.25, 0.3) is 11.3 Å². The van der Waals surface area contributed by atoms with Gasteiger partial charge in [-0.15, -0.1) is 0 Å². The molecule has 0 aliphatic carbocycles. The minimum absolute atomic E-state index is 0.118. The van der Waals surface area contributed by atoms with Crippen LogP contribution in [-0.2, 0) is 16.0 Å². The van der Waals surface area contributed by atoms with Gasteiger partial charge in [0.1, 0.15) is 17.3 Å². The average molecular weight is 459 g/mol. The Hall–Kier alpha value is -2.93. The van der Waals surface area contributed by atoms with Crippen molar-refractivity contribution >= 4 is 33.4 Å². The monoisotopic (exact) mass is 458 g/mol. The van der Waals surface area contributed by atoms with E-state index in [1.165, 1.54) is 6.07 Å². The van der Waals surface area contributed by atoms with Crippen molar-refractivity contribution in [3.63, 3.8) is 0 Å². The molecule has 0 fully saturated rings. The minimum atomic E-state index is -0.363. The Balaban J connectivity index is 1.45. The first kappa shape index (κ1) is 20.8.